The molecule has 1 aromatic carbocycles. The van der Waals surface area contributed by atoms with E-state index in [0.29, 0.717) is 26.1 Å². The largest absolute Gasteiger partial charge is 0.381 e. The zero-order chi connectivity index (χ0) is 21.5. The number of hydrogen-bond donors (Lipinski definition) is 1. The van der Waals surface area contributed by atoms with Gasteiger partial charge in [0.15, 0.2) is 23.3 Å². The molecule has 0 saturated heterocycles. The summed E-state index contributed by atoms with van der Waals surface area (Å²) in [6.45, 7) is 1.94. The van der Waals surface area contributed by atoms with Crippen LogP contribution in [0, 0.1) is 29.1 Å². The maximum Gasteiger partial charge on any atom is 0.200 e. The summed E-state index contributed by atoms with van der Waals surface area (Å²) >= 11 is 0. The van der Waals surface area contributed by atoms with Gasteiger partial charge in [-0.1, -0.05) is 51.4 Å². The van der Waals surface area contributed by atoms with E-state index in [1.165, 1.54) is 0 Å². The third-order valence-electron chi connectivity index (χ3n) is 4.82. The number of benzene rings is 1. The molecule has 0 aliphatic heterocycles. The van der Waals surface area contributed by atoms with E-state index >= 15 is 0 Å². The Labute approximate surface area is 169 Å². The first kappa shape index (κ1) is 25.8. The Balaban J connectivity index is 1.98. The Hall–Kier alpha value is -1.25. The quantitative estimate of drug-likeness (QED) is 0.107. The topological polar surface area (TPSA) is 44.5 Å². The highest BCUT2D eigenvalue weighted by molar-refractivity contribution is 5.24. The second kappa shape index (κ2) is 15.6. The molecule has 0 fully saturated rings. The third-order valence-corrected chi connectivity index (χ3v) is 4.82. The van der Waals surface area contributed by atoms with Gasteiger partial charge in [-0.3, -0.25) is 0 Å². The van der Waals surface area contributed by atoms with Crippen LogP contribution in [0.4, 0.5) is 22.0 Å². The van der Waals surface area contributed by atoms with Crippen molar-refractivity contribution in [3.05, 3.63) is 34.6 Å². The number of ether oxygens (including phenoxy) is 1. The molecule has 0 amide bonds. The molecule has 0 spiro atoms. The van der Waals surface area contributed by atoms with Gasteiger partial charge in [0, 0.05) is 18.8 Å². The van der Waals surface area contributed by atoms with Crippen molar-refractivity contribution in [2.24, 2.45) is 5.90 Å². The van der Waals surface area contributed by atoms with Crippen LogP contribution in [0.2, 0.25) is 0 Å². The normalized spacial score (nSPS) is 11.4. The molecule has 3 nitrogen and oxygen atoms in total. The van der Waals surface area contributed by atoms with Crippen LogP contribution < -0.4 is 5.90 Å². The maximum atomic E-state index is 13.6. The van der Waals surface area contributed by atoms with Crippen LogP contribution >= 0.6 is 0 Å². The summed E-state index contributed by atoms with van der Waals surface area (Å²) in [5.41, 5.74) is -0.710. The molecule has 0 aliphatic rings. The van der Waals surface area contributed by atoms with E-state index in [2.05, 4.69) is 4.84 Å². The lowest BCUT2D eigenvalue weighted by Gasteiger charge is -2.08. The first-order chi connectivity index (χ1) is 14.0. The summed E-state index contributed by atoms with van der Waals surface area (Å²) in [7, 11) is 0. The first-order valence-corrected chi connectivity index (χ1v) is 10.4. The highest BCUT2D eigenvalue weighted by Crippen LogP contribution is 2.24. The van der Waals surface area contributed by atoms with Crippen LogP contribution in [0.3, 0.4) is 0 Å². The summed E-state index contributed by atoms with van der Waals surface area (Å²) in [5.74, 6) is -4.35. The smallest absolute Gasteiger partial charge is 0.200 e. The van der Waals surface area contributed by atoms with Gasteiger partial charge in [0.2, 0.25) is 5.82 Å². The van der Waals surface area contributed by atoms with Crippen molar-refractivity contribution in [2.75, 3.05) is 19.8 Å². The van der Waals surface area contributed by atoms with Gasteiger partial charge < -0.3 is 9.57 Å². The fraction of sp³-hybridized carbons (Fsp3) is 0.714. The van der Waals surface area contributed by atoms with Crippen molar-refractivity contribution in [1.29, 1.82) is 0 Å². The Morgan fingerprint density at radius 3 is 1.41 bits per heavy atom. The van der Waals surface area contributed by atoms with Crippen molar-refractivity contribution >= 4 is 0 Å². The van der Waals surface area contributed by atoms with Gasteiger partial charge in [0.05, 0.1) is 6.61 Å². The third kappa shape index (κ3) is 9.87. The minimum atomic E-state index is -2.10. The molecule has 168 valence electrons. The lowest BCUT2D eigenvalue weighted by atomic mass is 10.0. The SMILES string of the molecule is NOCCCOCCCCCCCCCCCCc1c(F)c(F)c(F)c(F)c1F. The zero-order valence-electron chi connectivity index (χ0n) is 16.9. The standard InChI is InChI=1S/C21H32F5NO2/c22-17-16(18(23)20(25)21(26)19(17)24)12-9-7-5-3-1-2-4-6-8-10-13-28-14-11-15-29-27/h1-15,27H2. The molecule has 0 aliphatic carbocycles. The Morgan fingerprint density at radius 2 is 0.897 bits per heavy atom. The van der Waals surface area contributed by atoms with E-state index < -0.39 is 34.6 Å². The molecular weight excluding hydrogens is 393 g/mol. The summed E-state index contributed by atoms with van der Waals surface area (Å²) in [6.07, 6.45) is 10.4. The molecule has 1 rings (SSSR count). The second-order valence-electron chi connectivity index (χ2n) is 7.17. The van der Waals surface area contributed by atoms with Crippen molar-refractivity contribution < 1.29 is 31.5 Å². The lowest BCUT2D eigenvalue weighted by Crippen LogP contribution is -2.07. The van der Waals surface area contributed by atoms with Crippen LogP contribution in [0.25, 0.3) is 0 Å². The molecule has 2 N–H and O–H groups in total. The van der Waals surface area contributed by atoms with Crippen LogP contribution in [0.1, 0.15) is 76.2 Å². The number of hydrogen-bond acceptors (Lipinski definition) is 3. The lowest BCUT2D eigenvalue weighted by molar-refractivity contribution is 0.0816. The van der Waals surface area contributed by atoms with Crippen molar-refractivity contribution in [2.45, 2.75) is 77.0 Å². The van der Waals surface area contributed by atoms with Gasteiger partial charge in [-0.2, -0.15) is 0 Å². The molecule has 0 aromatic heterocycles. The van der Waals surface area contributed by atoms with Crippen molar-refractivity contribution in [3.8, 4) is 0 Å². The van der Waals surface area contributed by atoms with E-state index in [1.807, 2.05) is 0 Å². The van der Waals surface area contributed by atoms with Crippen LogP contribution in [-0.4, -0.2) is 19.8 Å². The average molecular weight is 425 g/mol. The Morgan fingerprint density at radius 1 is 0.483 bits per heavy atom. The monoisotopic (exact) mass is 425 g/mol. The molecule has 0 heterocycles. The minimum Gasteiger partial charge on any atom is -0.381 e. The zero-order valence-corrected chi connectivity index (χ0v) is 16.9. The van der Waals surface area contributed by atoms with Gasteiger partial charge in [-0.25, -0.2) is 27.8 Å². The van der Waals surface area contributed by atoms with Gasteiger partial charge in [0.1, 0.15) is 0 Å². The number of halogens is 5. The molecule has 0 unspecified atom stereocenters. The highest BCUT2D eigenvalue weighted by Gasteiger charge is 2.24. The first-order valence-electron chi connectivity index (χ1n) is 10.4. The van der Waals surface area contributed by atoms with E-state index in [9.17, 15) is 22.0 Å². The molecule has 0 bridgehead atoms. The molecule has 0 atom stereocenters. The average Bonchev–Trinajstić information content (AvgIpc) is 2.72. The molecule has 8 heteroatoms. The van der Waals surface area contributed by atoms with E-state index in [-0.39, 0.29) is 6.42 Å². The van der Waals surface area contributed by atoms with Gasteiger partial charge in [-0.15, -0.1) is 0 Å². The van der Waals surface area contributed by atoms with Crippen LogP contribution in [-0.2, 0) is 16.0 Å². The van der Waals surface area contributed by atoms with E-state index in [1.54, 1.807) is 0 Å². The van der Waals surface area contributed by atoms with Crippen LogP contribution in [0.15, 0.2) is 0 Å². The van der Waals surface area contributed by atoms with Crippen molar-refractivity contribution in [3.63, 3.8) is 0 Å². The number of unbranched alkanes of at least 4 members (excludes halogenated alkanes) is 9. The maximum absolute atomic E-state index is 13.6. The Kier molecular flexibility index (Phi) is 13.8. The van der Waals surface area contributed by atoms with Crippen molar-refractivity contribution in [1.82, 2.24) is 0 Å². The second-order valence-corrected chi connectivity index (χ2v) is 7.17. The van der Waals surface area contributed by atoms with E-state index in [0.717, 1.165) is 64.4 Å². The van der Waals surface area contributed by atoms with Gasteiger partial charge in [-0.05, 0) is 25.7 Å². The molecular formula is C21H32F5NO2. The molecule has 1 aromatic rings. The number of rotatable bonds is 17. The van der Waals surface area contributed by atoms with E-state index in [4.69, 9.17) is 10.6 Å². The molecule has 29 heavy (non-hydrogen) atoms. The fourth-order valence-electron chi connectivity index (χ4n) is 3.14. The van der Waals surface area contributed by atoms with Crippen LogP contribution in [0.5, 0.6) is 0 Å². The minimum absolute atomic E-state index is 0.146. The molecule has 0 radical (unpaired) electrons. The highest BCUT2D eigenvalue weighted by atomic mass is 19.2. The summed E-state index contributed by atoms with van der Waals surface area (Å²) in [4.78, 5) is 4.45. The fourth-order valence-corrected chi connectivity index (χ4v) is 3.14. The molecule has 0 saturated carbocycles. The Bertz CT molecular complexity index is 558. The number of nitrogens with two attached hydrogens (primary N) is 1. The summed E-state index contributed by atoms with van der Waals surface area (Å²) in [6, 6.07) is 0. The van der Waals surface area contributed by atoms with Gasteiger partial charge in [0.25, 0.3) is 0 Å². The predicted octanol–water partition coefficient (Wildman–Crippen LogP) is 6.12. The summed E-state index contributed by atoms with van der Waals surface area (Å²) < 4.78 is 71.8. The predicted molar refractivity (Wildman–Crippen MR) is 102 cm³/mol. The summed E-state index contributed by atoms with van der Waals surface area (Å²) in [5, 5.41) is 0. The van der Waals surface area contributed by atoms with Gasteiger partial charge >= 0.3 is 0 Å².